The third-order valence-electron chi connectivity index (χ3n) is 8.73. The normalized spacial score (nSPS) is 20.9. The molecule has 210 valence electrons. The molecule has 3 aliphatic rings. The number of likely N-dealkylation sites (tertiary alicyclic amines) is 1. The van der Waals surface area contributed by atoms with Crippen LogP contribution in [0.15, 0.2) is 54.6 Å². The van der Waals surface area contributed by atoms with Crippen molar-refractivity contribution in [2.75, 3.05) is 27.3 Å². The highest BCUT2D eigenvalue weighted by molar-refractivity contribution is 5.83. The molecule has 3 aromatic carbocycles. The average molecular weight is 548 g/mol. The molecule has 1 amide bonds. The van der Waals surface area contributed by atoms with E-state index in [0.717, 1.165) is 37.4 Å². The van der Waals surface area contributed by atoms with Gasteiger partial charge < -0.3 is 19.7 Å². The molecule has 0 radical (unpaired) electrons. The van der Waals surface area contributed by atoms with Gasteiger partial charge in [-0.25, -0.2) is 8.78 Å². The maximum Gasteiger partial charge on any atom is 0.240 e. The van der Waals surface area contributed by atoms with Crippen LogP contribution < -0.4 is 14.8 Å². The van der Waals surface area contributed by atoms with Crippen molar-refractivity contribution in [3.8, 4) is 11.5 Å². The number of methoxy groups -OCH3 is 2. The second-order valence-electron chi connectivity index (χ2n) is 11.1. The summed E-state index contributed by atoms with van der Waals surface area (Å²) in [5.74, 6) is -0.166. The summed E-state index contributed by atoms with van der Waals surface area (Å²) in [6.07, 6.45) is 3.29. The Labute approximate surface area is 233 Å². The number of carbonyl (C=O) groups excluding carboxylic acids is 1. The molecule has 0 spiro atoms. The lowest BCUT2D eigenvalue weighted by Crippen LogP contribution is -2.50. The molecule has 40 heavy (non-hydrogen) atoms. The Kier molecular flexibility index (Phi) is 7.47. The van der Waals surface area contributed by atoms with Crippen molar-refractivity contribution >= 4 is 5.91 Å². The second kappa shape index (κ2) is 11.2. The molecule has 0 bridgehead atoms. The van der Waals surface area contributed by atoms with E-state index in [1.54, 1.807) is 20.3 Å². The summed E-state index contributed by atoms with van der Waals surface area (Å²) in [5.41, 5.74) is 5.66. The van der Waals surface area contributed by atoms with Gasteiger partial charge in [0.05, 0.1) is 20.3 Å². The van der Waals surface area contributed by atoms with Crippen LogP contribution in [0.4, 0.5) is 8.78 Å². The first-order valence-electron chi connectivity index (χ1n) is 14.0. The van der Waals surface area contributed by atoms with E-state index in [1.165, 1.54) is 22.8 Å². The monoisotopic (exact) mass is 547 g/mol. The molecule has 6 rings (SSSR count). The Hall–Kier alpha value is -3.49. The Morgan fingerprint density at radius 1 is 0.925 bits per heavy atom. The van der Waals surface area contributed by atoms with Gasteiger partial charge in [-0.15, -0.1) is 0 Å². The molecule has 0 unspecified atom stereocenters. The number of benzene rings is 3. The number of ether oxygens (including phenoxy) is 2. The molecule has 0 aromatic heterocycles. The summed E-state index contributed by atoms with van der Waals surface area (Å²) in [5, 5.41) is 3.52. The zero-order chi connectivity index (χ0) is 27.8. The van der Waals surface area contributed by atoms with E-state index in [0.29, 0.717) is 43.1 Å². The van der Waals surface area contributed by atoms with Gasteiger partial charge in [-0.05, 0) is 77.8 Å². The van der Waals surface area contributed by atoms with E-state index < -0.39 is 11.6 Å². The van der Waals surface area contributed by atoms with E-state index in [9.17, 15) is 13.6 Å². The summed E-state index contributed by atoms with van der Waals surface area (Å²) in [4.78, 5) is 18.5. The second-order valence-corrected chi connectivity index (χ2v) is 11.1. The van der Waals surface area contributed by atoms with E-state index >= 15 is 0 Å². The fourth-order valence-corrected chi connectivity index (χ4v) is 6.62. The highest BCUT2D eigenvalue weighted by atomic mass is 19.2. The molecule has 0 saturated carbocycles. The lowest BCUT2D eigenvalue weighted by atomic mass is 9.97. The van der Waals surface area contributed by atoms with Crippen LogP contribution in [0.25, 0.3) is 0 Å². The highest BCUT2D eigenvalue weighted by Crippen LogP contribution is 2.35. The first-order valence-corrected chi connectivity index (χ1v) is 14.0. The SMILES string of the molecule is COc1cc2c(cc1OC)CN(C(=O)[C@@H]1C[C@H](NCc3ccc(F)c(F)c3)CN1C1Cc3ccccc3C1)CC2. The largest absolute Gasteiger partial charge is 0.493 e. The number of fused-ring (bicyclic) bond motifs is 2. The Bertz CT molecular complexity index is 1390. The lowest BCUT2D eigenvalue weighted by Gasteiger charge is -2.36. The molecular formula is C32H35F2N3O3. The third-order valence-corrected chi connectivity index (χ3v) is 8.73. The summed E-state index contributed by atoms with van der Waals surface area (Å²) in [7, 11) is 3.26. The van der Waals surface area contributed by atoms with E-state index in [-0.39, 0.29) is 24.0 Å². The van der Waals surface area contributed by atoms with Gasteiger partial charge in [0.25, 0.3) is 0 Å². The zero-order valence-electron chi connectivity index (χ0n) is 23.0. The molecule has 1 aliphatic carbocycles. The third kappa shape index (κ3) is 5.18. The molecule has 1 fully saturated rings. The number of hydrogen-bond donors (Lipinski definition) is 1. The van der Waals surface area contributed by atoms with Gasteiger partial charge >= 0.3 is 0 Å². The smallest absolute Gasteiger partial charge is 0.240 e. The van der Waals surface area contributed by atoms with Gasteiger partial charge in [-0.2, -0.15) is 0 Å². The van der Waals surface area contributed by atoms with Gasteiger partial charge in [-0.1, -0.05) is 30.3 Å². The zero-order valence-corrected chi connectivity index (χ0v) is 23.0. The molecule has 8 heteroatoms. The predicted molar refractivity (Wildman–Crippen MR) is 148 cm³/mol. The van der Waals surface area contributed by atoms with Crippen LogP contribution in [-0.4, -0.2) is 61.1 Å². The molecule has 2 aliphatic heterocycles. The summed E-state index contributed by atoms with van der Waals surface area (Å²) < 4.78 is 38.2. The number of nitrogens with zero attached hydrogens (tertiary/aromatic N) is 2. The minimum Gasteiger partial charge on any atom is -0.493 e. The summed E-state index contributed by atoms with van der Waals surface area (Å²) in [6, 6.07) is 16.6. The number of rotatable bonds is 7. The van der Waals surface area contributed by atoms with Crippen LogP contribution in [0.5, 0.6) is 11.5 Å². The topological polar surface area (TPSA) is 54.0 Å². The van der Waals surface area contributed by atoms with Gasteiger partial charge in [0.15, 0.2) is 23.1 Å². The van der Waals surface area contributed by atoms with Crippen LogP contribution in [0, 0.1) is 11.6 Å². The number of nitrogens with one attached hydrogen (secondary N) is 1. The van der Waals surface area contributed by atoms with Crippen LogP contribution in [0.3, 0.4) is 0 Å². The van der Waals surface area contributed by atoms with Crippen molar-refractivity contribution in [1.82, 2.24) is 15.1 Å². The summed E-state index contributed by atoms with van der Waals surface area (Å²) in [6.45, 7) is 2.34. The Balaban J connectivity index is 1.20. The Morgan fingerprint density at radius 3 is 2.30 bits per heavy atom. The highest BCUT2D eigenvalue weighted by Gasteiger charge is 2.43. The van der Waals surface area contributed by atoms with E-state index in [1.807, 2.05) is 17.0 Å². The number of hydrogen-bond acceptors (Lipinski definition) is 5. The maximum atomic E-state index is 14.1. The quantitative estimate of drug-likeness (QED) is 0.479. The van der Waals surface area contributed by atoms with E-state index in [4.69, 9.17) is 9.47 Å². The standard InChI is InChI=1S/C32H35F2N3O3/c1-39-30-14-23-9-10-36(18-24(23)15-31(30)40-2)32(38)29-16-25(35-17-20-7-8-27(33)28(34)11-20)19-37(29)26-12-21-5-3-4-6-22(21)13-26/h3-8,11,14-15,25-26,29,35H,9-10,12-13,16-19H2,1-2H3/t25-,29-/m0/s1. The summed E-state index contributed by atoms with van der Waals surface area (Å²) >= 11 is 0. The van der Waals surface area contributed by atoms with Crippen LogP contribution in [-0.2, 0) is 37.1 Å². The van der Waals surface area contributed by atoms with Crippen molar-refractivity contribution in [3.05, 3.63) is 94.0 Å². The predicted octanol–water partition coefficient (Wildman–Crippen LogP) is 4.27. The van der Waals surface area contributed by atoms with E-state index in [2.05, 4.69) is 34.5 Å². The molecule has 1 saturated heterocycles. The molecule has 3 aromatic rings. The van der Waals surface area contributed by atoms with Crippen molar-refractivity contribution in [1.29, 1.82) is 0 Å². The molecule has 1 N–H and O–H groups in total. The van der Waals surface area contributed by atoms with Crippen molar-refractivity contribution in [3.63, 3.8) is 0 Å². The van der Waals surface area contributed by atoms with Crippen molar-refractivity contribution < 1.29 is 23.0 Å². The first kappa shape index (κ1) is 26.7. The minimum absolute atomic E-state index is 0.0622. The molecule has 6 nitrogen and oxygen atoms in total. The molecule has 2 heterocycles. The lowest BCUT2D eigenvalue weighted by molar-refractivity contribution is -0.137. The van der Waals surface area contributed by atoms with Gasteiger partial charge in [0, 0.05) is 38.3 Å². The average Bonchev–Trinajstić information content (AvgIpc) is 3.60. The number of halogens is 2. The van der Waals surface area contributed by atoms with Crippen LogP contribution >= 0.6 is 0 Å². The van der Waals surface area contributed by atoms with Gasteiger partial charge in [0.1, 0.15) is 0 Å². The number of amides is 1. The van der Waals surface area contributed by atoms with Crippen molar-refractivity contribution in [2.24, 2.45) is 0 Å². The fourth-order valence-electron chi connectivity index (χ4n) is 6.62. The van der Waals surface area contributed by atoms with Crippen LogP contribution in [0.1, 0.15) is 34.2 Å². The maximum absolute atomic E-state index is 14.1. The van der Waals surface area contributed by atoms with Crippen molar-refractivity contribution in [2.45, 2.75) is 56.9 Å². The minimum atomic E-state index is -0.846. The molecule has 2 atom stereocenters. The van der Waals surface area contributed by atoms with Crippen LogP contribution in [0.2, 0.25) is 0 Å². The van der Waals surface area contributed by atoms with Gasteiger partial charge in [-0.3, -0.25) is 9.69 Å². The molecular weight excluding hydrogens is 512 g/mol. The van der Waals surface area contributed by atoms with Gasteiger partial charge in [0.2, 0.25) is 5.91 Å². The number of carbonyl (C=O) groups is 1. The fraction of sp³-hybridized carbons (Fsp3) is 0.406. The Morgan fingerprint density at radius 2 is 1.62 bits per heavy atom. The first-order chi connectivity index (χ1) is 19.4.